The van der Waals surface area contributed by atoms with Gasteiger partial charge in [-0.2, -0.15) is 5.10 Å². The van der Waals surface area contributed by atoms with E-state index >= 15 is 0 Å². The zero-order chi connectivity index (χ0) is 22.9. The number of hydrazone groups is 1. The summed E-state index contributed by atoms with van der Waals surface area (Å²) in [6.45, 7) is -0.309. The molecule has 0 saturated heterocycles. The predicted molar refractivity (Wildman–Crippen MR) is 125 cm³/mol. The Balaban J connectivity index is 1.57. The molecule has 0 aliphatic rings. The summed E-state index contributed by atoms with van der Waals surface area (Å²) >= 11 is 15.2. The average Bonchev–Trinajstić information content (AvgIpc) is 3.27. The largest absolute Gasteiger partial charge is 0.482 e. The lowest BCUT2D eigenvalue weighted by Crippen LogP contribution is -2.24. The van der Waals surface area contributed by atoms with Crippen LogP contribution in [0.25, 0.3) is 6.08 Å². The molecule has 0 atom stereocenters. The fourth-order valence-corrected chi connectivity index (χ4v) is 3.18. The second-order valence-electron chi connectivity index (χ2n) is 6.11. The van der Waals surface area contributed by atoms with Gasteiger partial charge in [-0.3, -0.25) is 4.79 Å². The maximum absolute atomic E-state index is 12.1. The molecule has 0 aliphatic heterocycles. The van der Waals surface area contributed by atoms with Crippen LogP contribution >= 0.6 is 39.1 Å². The maximum atomic E-state index is 12.1. The van der Waals surface area contributed by atoms with Gasteiger partial charge in [0.15, 0.2) is 6.61 Å². The fourth-order valence-electron chi connectivity index (χ4n) is 2.33. The minimum absolute atomic E-state index is 0.254. The molecule has 1 N–H and O–H groups in total. The maximum Gasteiger partial charge on any atom is 0.336 e. The van der Waals surface area contributed by atoms with Crippen molar-refractivity contribution in [2.75, 3.05) is 6.61 Å². The molecular formula is C22H15BrCl2N2O5. The molecule has 0 unspecified atom stereocenters. The number of benzene rings is 2. The van der Waals surface area contributed by atoms with Crippen LogP contribution in [0.5, 0.6) is 11.5 Å². The molecule has 0 spiro atoms. The van der Waals surface area contributed by atoms with Crippen molar-refractivity contribution in [2.24, 2.45) is 5.10 Å². The Labute approximate surface area is 201 Å². The molecule has 1 amide bonds. The van der Waals surface area contributed by atoms with Gasteiger partial charge in [-0.15, -0.1) is 0 Å². The van der Waals surface area contributed by atoms with Crippen molar-refractivity contribution in [2.45, 2.75) is 0 Å². The van der Waals surface area contributed by atoms with Crippen molar-refractivity contribution in [1.82, 2.24) is 5.43 Å². The molecule has 2 aromatic carbocycles. The molecule has 0 aliphatic carbocycles. The zero-order valence-electron chi connectivity index (χ0n) is 16.3. The molecule has 3 aromatic rings. The lowest BCUT2D eigenvalue weighted by atomic mass is 10.2. The van der Waals surface area contributed by atoms with Crippen molar-refractivity contribution in [3.63, 3.8) is 0 Å². The van der Waals surface area contributed by atoms with Crippen LogP contribution < -0.4 is 14.9 Å². The first-order valence-electron chi connectivity index (χ1n) is 9.03. The van der Waals surface area contributed by atoms with Crippen molar-refractivity contribution >= 4 is 63.3 Å². The Kier molecular flexibility index (Phi) is 8.49. The van der Waals surface area contributed by atoms with E-state index in [4.69, 9.17) is 37.1 Å². The van der Waals surface area contributed by atoms with E-state index in [2.05, 4.69) is 26.5 Å². The van der Waals surface area contributed by atoms with Crippen LogP contribution in [0.3, 0.4) is 0 Å². The van der Waals surface area contributed by atoms with Gasteiger partial charge in [-0.25, -0.2) is 10.2 Å². The van der Waals surface area contributed by atoms with E-state index in [-0.39, 0.29) is 17.4 Å². The second kappa shape index (κ2) is 11.5. The number of furan rings is 1. The van der Waals surface area contributed by atoms with Crippen molar-refractivity contribution in [3.05, 3.63) is 86.7 Å². The summed E-state index contributed by atoms with van der Waals surface area (Å²) in [5.74, 6) is -0.0225. The summed E-state index contributed by atoms with van der Waals surface area (Å²) in [6, 6.07) is 13.1. The minimum atomic E-state index is -0.601. The third-order valence-corrected chi connectivity index (χ3v) is 4.78. The molecular weight excluding hydrogens is 523 g/mol. The first-order chi connectivity index (χ1) is 15.4. The number of hydrogen-bond acceptors (Lipinski definition) is 6. The van der Waals surface area contributed by atoms with Crippen LogP contribution in [-0.4, -0.2) is 24.7 Å². The lowest BCUT2D eigenvalue weighted by molar-refractivity contribution is -0.129. The summed E-state index contributed by atoms with van der Waals surface area (Å²) in [5.41, 5.74) is 2.79. The third-order valence-electron chi connectivity index (χ3n) is 3.75. The molecule has 10 heteroatoms. The van der Waals surface area contributed by atoms with Crippen LogP contribution in [0, 0.1) is 0 Å². The summed E-state index contributed by atoms with van der Waals surface area (Å²) in [7, 11) is 0. The molecule has 0 radical (unpaired) electrons. The van der Waals surface area contributed by atoms with E-state index in [9.17, 15) is 9.59 Å². The van der Waals surface area contributed by atoms with E-state index in [0.29, 0.717) is 22.1 Å². The second-order valence-corrected chi connectivity index (χ2v) is 7.87. The van der Waals surface area contributed by atoms with Crippen molar-refractivity contribution in [3.8, 4) is 11.5 Å². The number of hydrogen-bond donors (Lipinski definition) is 1. The van der Waals surface area contributed by atoms with Crippen LogP contribution in [-0.2, 0) is 9.59 Å². The zero-order valence-corrected chi connectivity index (χ0v) is 19.4. The van der Waals surface area contributed by atoms with E-state index in [1.807, 2.05) is 0 Å². The number of nitrogens with zero attached hydrogens (tertiary/aromatic N) is 1. The quantitative estimate of drug-likeness (QED) is 0.135. The highest BCUT2D eigenvalue weighted by Gasteiger charge is 2.09. The highest BCUT2D eigenvalue weighted by molar-refractivity contribution is 9.10. The molecule has 164 valence electrons. The Hall–Kier alpha value is -3.07. The number of halogens is 3. The summed E-state index contributed by atoms with van der Waals surface area (Å²) in [6.07, 6.45) is 5.57. The summed E-state index contributed by atoms with van der Waals surface area (Å²) < 4.78 is 16.5. The third kappa shape index (κ3) is 7.26. The minimum Gasteiger partial charge on any atom is -0.482 e. The number of carbonyl (C=O) groups excluding carboxylic acids is 2. The van der Waals surface area contributed by atoms with Gasteiger partial charge in [-0.05, 0) is 54.6 Å². The van der Waals surface area contributed by atoms with Crippen LogP contribution in [0.2, 0.25) is 10.0 Å². The molecule has 1 heterocycles. The number of rotatable bonds is 8. The molecule has 32 heavy (non-hydrogen) atoms. The number of carbonyl (C=O) groups is 2. The van der Waals surface area contributed by atoms with E-state index < -0.39 is 11.9 Å². The molecule has 3 rings (SSSR count). The summed E-state index contributed by atoms with van der Waals surface area (Å²) in [5, 5.41) is 4.63. The topological polar surface area (TPSA) is 90.1 Å². The first kappa shape index (κ1) is 23.6. The molecule has 0 bridgehead atoms. The molecule has 0 saturated carbocycles. The standard InChI is InChI=1S/C22H15BrCl2N2O5/c23-15-3-6-19(32-22(29)8-5-17-2-1-9-30-17)14(10-15)12-26-27-21(28)13-31-20-7-4-16(24)11-18(20)25/h1-12H,13H2,(H,27,28)/b8-5-,26-12+. The number of esters is 1. The normalized spacial score (nSPS) is 11.1. The van der Waals surface area contributed by atoms with Crippen LogP contribution in [0.15, 0.2) is 74.9 Å². The molecule has 1 aromatic heterocycles. The highest BCUT2D eigenvalue weighted by Crippen LogP contribution is 2.27. The van der Waals surface area contributed by atoms with E-state index in [1.54, 1.807) is 42.5 Å². The van der Waals surface area contributed by atoms with Gasteiger partial charge < -0.3 is 13.9 Å². The smallest absolute Gasteiger partial charge is 0.336 e. The Morgan fingerprint density at radius 2 is 1.94 bits per heavy atom. The number of amides is 1. The predicted octanol–water partition coefficient (Wildman–Crippen LogP) is 5.50. The summed E-state index contributed by atoms with van der Waals surface area (Å²) in [4.78, 5) is 24.1. The number of nitrogens with one attached hydrogen (secondary N) is 1. The van der Waals surface area contributed by atoms with Crippen molar-refractivity contribution in [1.29, 1.82) is 0 Å². The Morgan fingerprint density at radius 1 is 1.12 bits per heavy atom. The van der Waals surface area contributed by atoms with Gasteiger partial charge >= 0.3 is 5.97 Å². The first-order valence-corrected chi connectivity index (χ1v) is 10.6. The SMILES string of the molecule is O=C(COc1ccc(Cl)cc1Cl)N/N=C/c1cc(Br)ccc1OC(=O)/C=C\c1ccco1. The van der Waals surface area contributed by atoms with Crippen molar-refractivity contribution < 1.29 is 23.5 Å². The van der Waals surface area contributed by atoms with E-state index in [1.165, 1.54) is 30.7 Å². The Morgan fingerprint density at radius 3 is 2.69 bits per heavy atom. The van der Waals surface area contributed by atoms with Gasteiger partial charge in [0.1, 0.15) is 17.3 Å². The molecule has 0 fully saturated rings. The van der Waals surface area contributed by atoms with Crippen LogP contribution in [0.4, 0.5) is 0 Å². The molecule has 7 nitrogen and oxygen atoms in total. The van der Waals surface area contributed by atoms with Gasteiger partial charge in [0.2, 0.25) is 0 Å². The lowest BCUT2D eigenvalue weighted by Gasteiger charge is -2.08. The average molecular weight is 538 g/mol. The van der Waals surface area contributed by atoms with Crippen LogP contribution in [0.1, 0.15) is 11.3 Å². The van der Waals surface area contributed by atoms with E-state index in [0.717, 1.165) is 4.47 Å². The Bertz CT molecular complexity index is 1160. The fraction of sp³-hybridized carbons (Fsp3) is 0.0455. The van der Waals surface area contributed by atoms with Gasteiger partial charge in [0.05, 0.1) is 17.5 Å². The van der Waals surface area contributed by atoms with Gasteiger partial charge in [0.25, 0.3) is 5.91 Å². The van der Waals surface area contributed by atoms with Gasteiger partial charge in [0, 0.05) is 21.1 Å². The highest BCUT2D eigenvalue weighted by atomic mass is 79.9. The monoisotopic (exact) mass is 536 g/mol. The number of ether oxygens (including phenoxy) is 2. The van der Waals surface area contributed by atoms with Gasteiger partial charge in [-0.1, -0.05) is 39.1 Å².